The van der Waals surface area contributed by atoms with Gasteiger partial charge in [-0.1, -0.05) is 27.7 Å². The summed E-state index contributed by atoms with van der Waals surface area (Å²) in [7, 11) is 5.52. The van der Waals surface area contributed by atoms with E-state index in [1.807, 2.05) is 34.6 Å². The van der Waals surface area contributed by atoms with Crippen molar-refractivity contribution in [1.82, 2.24) is 5.32 Å². The highest BCUT2D eigenvalue weighted by Gasteiger charge is 2.59. The molecule has 90 heavy (non-hydrogen) atoms. The van der Waals surface area contributed by atoms with Gasteiger partial charge < -0.3 is 38.5 Å². The fraction of sp³-hybridized carbons (Fsp3) is 0.892. The first-order chi connectivity index (χ1) is 42.4. The van der Waals surface area contributed by atoms with Gasteiger partial charge in [0.15, 0.2) is 0 Å². The number of nitrogens with one attached hydrogen (secondary N) is 1. The quantitative estimate of drug-likeness (QED) is 0.0836. The van der Waals surface area contributed by atoms with E-state index in [1.165, 1.54) is 138 Å². The molecule has 0 aromatic rings. The molecule has 16 aliphatic rings. The third kappa shape index (κ3) is 15.3. The Morgan fingerprint density at radius 3 is 1.00 bits per heavy atom. The summed E-state index contributed by atoms with van der Waals surface area (Å²) in [4.78, 5) is 97.8. The van der Waals surface area contributed by atoms with Gasteiger partial charge in [0.2, 0.25) is 5.91 Å². The molecule has 0 radical (unpaired) electrons. The summed E-state index contributed by atoms with van der Waals surface area (Å²) < 4.78 is 37.2. The van der Waals surface area contributed by atoms with Crippen molar-refractivity contribution in [3.8, 4) is 0 Å². The van der Waals surface area contributed by atoms with Crippen molar-refractivity contribution in [2.75, 3.05) is 35.0 Å². The lowest BCUT2D eigenvalue weighted by Gasteiger charge is -2.59. The fourth-order valence-electron chi connectivity index (χ4n) is 22.0. The van der Waals surface area contributed by atoms with Crippen molar-refractivity contribution >= 4 is 47.7 Å². The van der Waals surface area contributed by atoms with Crippen LogP contribution in [0.1, 0.15) is 261 Å². The standard InChI is InChI=1S/2C19H30O4.C18H29NO3.C18H28O4/c1-5-18(2,17(21)22-4)11-16(20)23-19(3)14-7-12-6-13(9-14)10-15(19)8-12;1-4-18(2,17(21)22-3)11-16(20)23-12-19-8-13-5-14(9-19)7-15(6-13)10-19;1-4-17(2,16(21)22-3)11-15(20)19-18-8-12-5-13(9-18)7-14(6-12)10-18;1-4-17(2,16(20)21-3)11-15(19)22-18-8-12-5-13(9-18)7-14(6-12)10-18/h12-15H,5-11H2,1-4H3;13-15H,4-12H2,1-3H3;12-14H,4-11H2,1-3H3,(H,19,20);12-14H,4-11H2,1-3H3. The number of carbonyl (C=O) groups is 8. The first-order valence-electron chi connectivity index (χ1n) is 35.7. The Morgan fingerprint density at radius 1 is 0.378 bits per heavy atom. The number of esters is 7. The van der Waals surface area contributed by atoms with Crippen LogP contribution in [0.2, 0.25) is 0 Å². The molecule has 0 heterocycles. The largest absolute Gasteiger partial charge is 0.469 e. The summed E-state index contributed by atoms with van der Waals surface area (Å²) in [6.07, 6.45) is 31.6. The normalized spacial score (nSPS) is 38.7. The zero-order chi connectivity index (χ0) is 65.4. The van der Waals surface area contributed by atoms with Crippen LogP contribution in [0.3, 0.4) is 0 Å². The lowest BCUT2D eigenvalue weighted by Crippen LogP contribution is -2.60. The van der Waals surface area contributed by atoms with E-state index in [2.05, 4.69) is 12.2 Å². The Morgan fingerprint density at radius 2 is 0.667 bits per heavy atom. The van der Waals surface area contributed by atoms with Gasteiger partial charge in [-0.2, -0.15) is 0 Å². The van der Waals surface area contributed by atoms with E-state index in [4.69, 9.17) is 33.2 Å². The molecule has 508 valence electrons. The molecule has 16 rings (SSSR count). The molecule has 0 aliphatic heterocycles. The van der Waals surface area contributed by atoms with Crippen molar-refractivity contribution in [3.63, 3.8) is 0 Å². The van der Waals surface area contributed by atoms with Crippen molar-refractivity contribution in [2.45, 2.75) is 278 Å². The van der Waals surface area contributed by atoms with Crippen LogP contribution in [0.25, 0.3) is 0 Å². The molecule has 16 bridgehead atoms. The molecule has 1 N–H and O–H groups in total. The van der Waals surface area contributed by atoms with Crippen LogP contribution < -0.4 is 5.32 Å². The van der Waals surface area contributed by atoms with E-state index in [0.29, 0.717) is 44.1 Å². The predicted octanol–water partition coefficient (Wildman–Crippen LogP) is 14.0. The SMILES string of the molecule is CCC(C)(CC(=O)NC12CC3CC(CC(C3)C1)C2)C(=O)OC.CCC(C)(CC(=O)OC1(C)C2CC3CC(C2)CC1C3)C(=O)OC.CCC(C)(CC(=O)OC12CC3CC(CC(C3)C1)C2)C(=O)OC.CCC(C)(CC(=O)OCC12CC3CC(CC(C3)C1)C2)C(=O)OC. The molecule has 0 spiro atoms. The van der Waals surface area contributed by atoms with Gasteiger partial charge in [-0.15, -0.1) is 0 Å². The molecule has 0 aromatic carbocycles. The van der Waals surface area contributed by atoms with E-state index >= 15 is 0 Å². The van der Waals surface area contributed by atoms with Crippen molar-refractivity contribution in [1.29, 1.82) is 0 Å². The highest BCUT2D eigenvalue weighted by Crippen LogP contribution is 2.62. The van der Waals surface area contributed by atoms with Gasteiger partial charge in [0.25, 0.3) is 0 Å². The van der Waals surface area contributed by atoms with Crippen LogP contribution in [0, 0.1) is 104 Å². The number of amides is 1. The third-order valence-corrected chi connectivity index (χ3v) is 26.5. The lowest BCUT2D eigenvalue weighted by atomic mass is 9.50. The second-order valence-corrected chi connectivity index (χ2v) is 33.7. The number of carbonyl (C=O) groups excluding carboxylic acids is 8. The first-order valence-corrected chi connectivity index (χ1v) is 35.7. The minimum Gasteiger partial charge on any atom is -0.469 e. The minimum atomic E-state index is -0.784. The maximum absolute atomic E-state index is 12.6. The summed E-state index contributed by atoms with van der Waals surface area (Å²) in [5.41, 5.74) is -3.32. The summed E-state index contributed by atoms with van der Waals surface area (Å²) in [6, 6.07) is 0. The smallest absolute Gasteiger partial charge is 0.312 e. The van der Waals surface area contributed by atoms with Crippen LogP contribution in [0.15, 0.2) is 0 Å². The van der Waals surface area contributed by atoms with Crippen molar-refractivity contribution in [3.05, 3.63) is 0 Å². The van der Waals surface area contributed by atoms with Gasteiger partial charge in [0, 0.05) is 17.4 Å². The number of hydrogen-bond acceptors (Lipinski definition) is 15. The Balaban J connectivity index is 0.000000142. The fourth-order valence-corrected chi connectivity index (χ4v) is 22.0. The number of methoxy groups -OCH3 is 4. The second-order valence-electron chi connectivity index (χ2n) is 33.7. The average molecular weight is 1260 g/mol. The van der Waals surface area contributed by atoms with Gasteiger partial charge in [0.1, 0.15) is 11.2 Å². The molecule has 16 heteroatoms. The van der Waals surface area contributed by atoms with Gasteiger partial charge in [-0.3, -0.25) is 38.4 Å². The molecule has 4 unspecified atom stereocenters. The molecule has 1 amide bonds. The Kier molecular flexibility index (Phi) is 21.5. The Labute approximate surface area is 539 Å². The van der Waals surface area contributed by atoms with Gasteiger partial charge in [0.05, 0.1) is 76.0 Å². The number of rotatable bonds is 21. The van der Waals surface area contributed by atoms with E-state index in [9.17, 15) is 38.4 Å². The monoisotopic (exact) mass is 1260 g/mol. The molecular weight excluding hydrogens is 1140 g/mol. The summed E-state index contributed by atoms with van der Waals surface area (Å²) in [5, 5.41) is 3.35. The Hall–Kier alpha value is -4.24. The number of hydrogen-bond donors (Lipinski definition) is 1. The molecule has 0 aromatic heterocycles. The van der Waals surface area contributed by atoms with Crippen LogP contribution in [-0.2, 0) is 71.5 Å². The zero-order valence-electron chi connectivity index (χ0n) is 57.8. The van der Waals surface area contributed by atoms with Crippen LogP contribution in [-0.4, -0.2) is 99.5 Å². The summed E-state index contributed by atoms with van der Waals surface area (Å²) in [6.45, 7) is 17.6. The van der Waals surface area contributed by atoms with Crippen molar-refractivity contribution in [2.24, 2.45) is 104 Å². The van der Waals surface area contributed by atoms with Crippen LogP contribution >= 0.6 is 0 Å². The molecule has 16 nitrogen and oxygen atoms in total. The van der Waals surface area contributed by atoms with Gasteiger partial charge >= 0.3 is 41.8 Å². The first kappa shape index (κ1) is 70.1. The summed E-state index contributed by atoms with van der Waals surface area (Å²) in [5.74, 6) is 8.00. The maximum atomic E-state index is 12.6. The molecule has 16 aliphatic carbocycles. The van der Waals surface area contributed by atoms with E-state index in [0.717, 1.165) is 104 Å². The molecule has 16 saturated carbocycles. The molecule has 0 saturated heterocycles. The molecule has 16 fully saturated rings. The molecule has 4 atom stereocenters. The maximum Gasteiger partial charge on any atom is 0.312 e. The van der Waals surface area contributed by atoms with E-state index in [-0.39, 0.29) is 95.5 Å². The van der Waals surface area contributed by atoms with E-state index in [1.54, 1.807) is 20.8 Å². The average Bonchev–Trinajstić information content (AvgIpc) is 0.771. The van der Waals surface area contributed by atoms with Gasteiger partial charge in [-0.25, -0.2) is 0 Å². The highest BCUT2D eigenvalue weighted by atomic mass is 16.6. The van der Waals surface area contributed by atoms with Gasteiger partial charge in [-0.05, 0) is 285 Å². The van der Waals surface area contributed by atoms with E-state index < -0.39 is 21.7 Å². The second kappa shape index (κ2) is 27.6. The third-order valence-electron chi connectivity index (χ3n) is 26.5. The molecular formula is C74H117NO15. The topological polar surface area (TPSA) is 213 Å². The lowest BCUT2D eigenvalue weighted by molar-refractivity contribution is -0.206. The zero-order valence-corrected chi connectivity index (χ0v) is 57.8. The predicted molar refractivity (Wildman–Crippen MR) is 339 cm³/mol. The minimum absolute atomic E-state index is 0.0244. The van der Waals surface area contributed by atoms with Crippen LogP contribution in [0.5, 0.6) is 0 Å². The van der Waals surface area contributed by atoms with Crippen molar-refractivity contribution < 1.29 is 71.5 Å². The Bertz CT molecular complexity index is 2410. The van der Waals surface area contributed by atoms with Crippen LogP contribution in [0.4, 0.5) is 0 Å². The number of ether oxygens (including phenoxy) is 7. The highest BCUT2D eigenvalue weighted by molar-refractivity contribution is 5.86. The summed E-state index contributed by atoms with van der Waals surface area (Å²) >= 11 is 0.